The molecule has 72 valence electrons. The van der Waals surface area contributed by atoms with Crippen LogP contribution in [0.5, 0.6) is 5.75 Å². The smallest absolute Gasteiger partial charge is 0.136 e. The molecule has 0 amide bonds. The Balaban J connectivity index is 2.92. The highest BCUT2D eigenvalue weighted by atomic mass is 79.9. The maximum atomic E-state index is 5.48. The Kier molecular flexibility index (Phi) is 4.22. The van der Waals surface area contributed by atoms with Gasteiger partial charge in [-0.15, -0.1) is 0 Å². The first kappa shape index (κ1) is 11.0. The van der Waals surface area contributed by atoms with Gasteiger partial charge in [0.25, 0.3) is 0 Å². The lowest BCUT2D eigenvalue weighted by molar-refractivity contribution is 0.324. The molecule has 0 saturated heterocycles. The molecule has 0 unspecified atom stereocenters. The summed E-state index contributed by atoms with van der Waals surface area (Å²) in [5.41, 5.74) is 6.45. The average Bonchev–Trinajstić information content (AvgIpc) is 2.02. The fourth-order valence-corrected chi connectivity index (χ4v) is 2.59. The minimum Gasteiger partial charge on any atom is -0.491 e. The molecule has 1 rings (SSSR count). The summed E-state index contributed by atoms with van der Waals surface area (Å²) in [6.07, 6.45) is 0. The van der Waals surface area contributed by atoms with E-state index in [1.54, 1.807) is 0 Å². The van der Waals surface area contributed by atoms with E-state index in [4.69, 9.17) is 10.5 Å². The van der Waals surface area contributed by atoms with Crippen molar-refractivity contribution >= 4 is 31.9 Å². The Morgan fingerprint density at radius 2 is 2.08 bits per heavy atom. The van der Waals surface area contributed by atoms with E-state index in [1.807, 2.05) is 19.1 Å². The molecule has 13 heavy (non-hydrogen) atoms. The predicted molar refractivity (Wildman–Crippen MR) is 61.1 cm³/mol. The molecule has 0 fully saturated rings. The zero-order valence-electron chi connectivity index (χ0n) is 7.31. The van der Waals surface area contributed by atoms with E-state index in [0.717, 1.165) is 20.3 Å². The van der Waals surface area contributed by atoms with Crippen LogP contribution in [0.4, 0.5) is 0 Å². The molecular weight excluding hydrogens is 298 g/mol. The van der Waals surface area contributed by atoms with Crippen molar-refractivity contribution in [3.8, 4) is 5.75 Å². The van der Waals surface area contributed by atoms with Gasteiger partial charge < -0.3 is 10.5 Å². The minimum absolute atomic E-state index is 0.530. The van der Waals surface area contributed by atoms with Gasteiger partial charge in [-0.3, -0.25) is 0 Å². The third-order valence-electron chi connectivity index (χ3n) is 1.56. The van der Waals surface area contributed by atoms with Gasteiger partial charge in [0.2, 0.25) is 0 Å². The second-order valence-electron chi connectivity index (χ2n) is 2.67. The highest BCUT2D eigenvalue weighted by Gasteiger charge is 2.05. The Morgan fingerprint density at radius 3 is 2.62 bits per heavy atom. The van der Waals surface area contributed by atoms with E-state index < -0.39 is 0 Å². The largest absolute Gasteiger partial charge is 0.491 e. The summed E-state index contributed by atoms with van der Waals surface area (Å²) in [4.78, 5) is 0. The average molecular weight is 309 g/mol. The first-order valence-electron chi connectivity index (χ1n) is 3.93. The number of hydrogen-bond acceptors (Lipinski definition) is 2. The van der Waals surface area contributed by atoms with Crippen LogP contribution in [0, 0.1) is 6.92 Å². The lowest BCUT2D eigenvalue weighted by atomic mass is 10.2. The number of nitrogens with two attached hydrogens (primary N) is 1. The van der Waals surface area contributed by atoms with E-state index in [2.05, 4.69) is 31.9 Å². The maximum Gasteiger partial charge on any atom is 0.136 e. The zero-order chi connectivity index (χ0) is 9.84. The van der Waals surface area contributed by atoms with Crippen molar-refractivity contribution in [2.24, 2.45) is 5.73 Å². The first-order valence-corrected chi connectivity index (χ1v) is 5.52. The molecule has 4 heteroatoms. The fourth-order valence-electron chi connectivity index (χ4n) is 1.03. The van der Waals surface area contributed by atoms with Crippen LogP contribution in [-0.4, -0.2) is 13.2 Å². The fraction of sp³-hybridized carbons (Fsp3) is 0.333. The third-order valence-corrected chi connectivity index (χ3v) is 2.61. The topological polar surface area (TPSA) is 35.2 Å². The lowest BCUT2D eigenvalue weighted by Gasteiger charge is -2.10. The van der Waals surface area contributed by atoms with E-state index in [0.29, 0.717) is 13.2 Å². The van der Waals surface area contributed by atoms with Crippen LogP contribution in [-0.2, 0) is 0 Å². The van der Waals surface area contributed by atoms with Crippen LogP contribution >= 0.6 is 31.9 Å². The summed E-state index contributed by atoms with van der Waals surface area (Å²) in [5, 5.41) is 0. The molecule has 0 spiro atoms. The molecule has 0 bridgehead atoms. The molecule has 1 aromatic rings. The van der Waals surface area contributed by atoms with Crippen LogP contribution in [0.1, 0.15) is 5.56 Å². The monoisotopic (exact) mass is 307 g/mol. The second kappa shape index (κ2) is 4.98. The van der Waals surface area contributed by atoms with Gasteiger partial charge in [-0.25, -0.2) is 0 Å². The predicted octanol–water partition coefficient (Wildman–Crippen LogP) is 2.86. The van der Waals surface area contributed by atoms with Crippen LogP contribution in [0.2, 0.25) is 0 Å². The van der Waals surface area contributed by atoms with Gasteiger partial charge in [0, 0.05) is 11.0 Å². The van der Waals surface area contributed by atoms with Crippen molar-refractivity contribution < 1.29 is 4.74 Å². The Bertz CT molecular complexity index is 279. The van der Waals surface area contributed by atoms with Crippen molar-refractivity contribution in [2.75, 3.05) is 13.2 Å². The van der Waals surface area contributed by atoms with Gasteiger partial charge in [0.1, 0.15) is 12.4 Å². The van der Waals surface area contributed by atoms with Crippen molar-refractivity contribution in [3.05, 3.63) is 26.6 Å². The molecule has 0 aliphatic heterocycles. The van der Waals surface area contributed by atoms with Gasteiger partial charge in [-0.2, -0.15) is 0 Å². The number of halogens is 2. The molecule has 0 aromatic heterocycles. The van der Waals surface area contributed by atoms with Gasteiger partial charge >= 0.3 is 0 Å². The van der Waals surface area contributed by atoms with Crippen molar-refractivity contribution in [1.82, 2.24) is 0 Å². The highest BCUT2D eigenvalue weighted by Crippen LogP contribution is 2.32. The summed E-state index contributed by atoms with van der Waals surface area (Å²) in [6, 6.07) is 3.97. The SMILES string of the molecule is Cc1cc(Br)cc(Br)c1OCCN. The van der Waals surface area contributed by atoms with Crippen LogP contribution < -0.4 is 10.5 Å². The summed E-state index contributed by atoms with van der Waals surface area (Å²) in [5.74, 6) is 0.869. The molecule has 0 saturated carbocycles. The zero-order valence-corrected chi connectivity index (χ0v) is 10.5. The van der Waals surface area contributed by atoms with Crippen molar-refractivity contribution in [3.63, 3.8) is 0 Å². The number of aryl methyl sites for hydroxylation is 1. The Labute approximate surface area is 94.7 Å². The minimum atomic E-state index is 0.530. The normalized spacial score (nSPS) is 10.2. The number of rotatable bonds is 3. The lowest BCUT2D eigenvalue weighted by Crippen LogP contribution is -2.11. The van der Waals surface area contributed by atoms with Gasteiger partial charge in [0.05, 0.1) is 4.47 Å². The Hall–Kier alpha value is -0.0600. The standard InChI is InChI=1S/C9H11Br2NO/c1-6-4-7(10)5-8(11)9(6)13-3-2-12/h4-5H,2-3,12H2,1H3. The molecular formula is C9H11Br2NO. The molecule has 0 aliphatic rings. The van der Waals surface area contributed by atoms with E-state index in [9.17, 15) is 0 Å². The molecule has 0 aliphatic carbocycles. The highest BCUT2D eigenvalue weighted by molar-refractivity contribution is 9.11. The number of ether oxygens (including phenoxy) is 1. The van der Waals surface area contributed by atoms with E-state index in [1.165, 1.54) is 0 Å². The summed E-state index contributed by atoms with van der Waals surface area (Å²) in [6.45, 7) is 3.07. The maximum absolute atomic E-state index is 5.48. The van der Waals surface area contributed by atoms with Crippen molar-refractivity contribution in [1.29, 1.82) is 0 Å². The molecule has 2 N–H and O–H groups in total. The molecule has 1 aromatic carbocycles. The summed E-state index contributed by atoms with van der Waals surface area (Å²) >= 11 is 6.84. The molecule has 0 atom stereocenters. The van der Waals surface area contributed by atoms with E-state index in [-0.39, 0.29) is 0 Å². The third kappa shape index (κ3) is 2.97. The van der Waals surface area contributed by atoms with Crippen LogP contribution in [0.25, 0.3) is 0 Å². The van der Waals surface area contributed by atoms with Gasteiger partial charge in [0.15, 0.2) is 0 Å². The number of hydrogen-bond donors (Lipinski definition) is 1. The van der Waals surface area contributed by atoms with E-state index >= 15 is 0 Å². The molecule has 0 heterocycles. The van der Waals surface area contributed by atoms with Crippen LogP contribution in [0.15, 0.2) is 21.1 Å². The summed E-state index contributed by atoms with van der Waals surface area (Å²) < 4.78 is 7.47. The molecule has 2 nitrogen and oxygen atoms in total. The van der Waals surface area contributed by atoms with Crippen LogP contribution in [0.3, 0.4) is 0 Å². The second-order valence-corrected chi connectivity index (χ2v) is 4.44. The quantitative estimate of drug-likeness (QED) is 0.932. The Morgan fingerprint density at radius 1 is 1.38 bits per heavy atom. The summed E-state index contributed by atoms with van der Waals surface area (Å²) in [7, 11) is 0. The van der Waals surface area contributed by atoms with Crippen molar-refractivity contribution in [2.45, 2.75) is 6.92 Å². The molecule has 0 radical (unpaired) electrons. The van der Waals surface area contributed by atoms with Gasteiger partial charge in [-0.1, -0.05) is 15.9 Å². The van der Waals surface area contributed by atoms with Gasteiger partial charge in [-0.05, 0) is 40.5 Å². The first-order chi connectivity index (χ1) is 6.15. The number of benzene rings is 1.